The summed E-state index contributed by atoms with van der Waals surface area (Å²) in [5, 5.41) is 17.2. The summed E-state index contributed by atoms with van der Waals surface area (Å²) in [4.78, 5) is 11.9. The maximum absolute atomic E-state index is 11.9. The average Bonchev–Trinajstić information content (AvgIpc) is 2.95. The largest absolute Gasteiger partial charge is 0.466 e. The highest BCUT2D eigenvalue weighted by Gasteiger charge is 2.47. The van der Waals surface area contributed by atoms with Crippen LogP contribution in [0.2, 0.25) is 0 Å². The van der Waals surface area contributed by atoms with Crippen LogP contribution in [0.25, 0.3) is 0 Å². The smallest absolute Gasteiger partial charge is 0.252 e. The molecule has 4 nitrogen and oxygen atoms in total. The van der Waals surface area contributed by atoms with Crippen LogP contribution in [-0.4, -0.2) is 17.6 Å². The Balaban J connectivity index is 1.71. The van der Waals surface area contributed by atoms with Crippen molar-refractivity contribution in [3.05, 3.63) is 46.5 Å². The summed E-state index contributed by atoms with van der Waals surface area (Å²) in [6, 6.07) is 5.28. The van der Waals surface area contributed by atoms with Crippen LogP contribution in [0.3, 0.4) is 0 Å². The molecular weight excluding hydrogens is 262 g/mol. The number of hydrogen-bond donors (Lipinski definition) is 2. The number of aliphatic hydroxyl groups is 1. The minimum Gasteiger partial charge on any atom is -0.466 e. The third-order valence-corrected chi connectivity index (χ3v) is 4.19. The second-order valence-corrected chi connectivity index (χ2v) is 5.65. The first-order chi connectivity index (χ1) is 9.20. The molecular formula is C14H15NO3S. The highest BCUT2D eigenvalue weighted by molar-refractivity contribution is 7.08. The summed E-state index contributed by atoms with van der Waals surface area (Å²) in [6.45, 7) is 0.180. The summed E-state index contributed by atoms with van der Waals surface area (Å²) < 4.78 is 5.32. The predicted octanol–water partition coefficient (Wildman–Crippen LogP) is 2.37. The van der Waals surface area contributed by atoms with Gasteiger partial charge in [-0.15, -0.1) is 0 Å². The molecule has 0 aromatic carbocycles. The maximum Gasteiger partial charge on any atom is 0.252 e. The number of thiophene rings is 1. The zero-order chi connectivity index (χ0) is 13.3. The molecule has 2 aromatic rings. The van der Waals surface area contributed by atoms with E-state index in [0.717, 1.165) is 12.8 Å². The molecule has 2 heterocycles. The highest BCUT2D eigenvalue weighted by Crippen LogP contribution is 2.45. The van der Waals surface area contributed by atoms with E-state index in [-0.39, 0.29) is 18.4 Å². The van der Waals surface area contributed by atoms with Gasteiger partial charge in [0.2, 0.25) is 0 Å². The Kier molecular flexibility index (Phi) is 3.16. The summed E-state index contributed by atoms with van der Waals surface area (Å²) >= 11 is 1.48. The molecule has 0 spiro atoms. The van der Waals surface area contributed by atoms with Crippen LogP contribution in [-0.2, 0) is 5.60 Å². The van der Waals surface area contributed by atoms with Crippen molar-refractivity contribution in [1.82, 2.24) is 5.32 Å². The summed E-state index contributed by atoms with van der Waals surface area (Å²) in [7, 11) is 0. The van der Waals surface area contributed by atoms with Crippen LogP contribution < -0.4 is 5.32 Å². The van der Waals surface area contributed by atoms with E-state index in [1.165, 1.54) is 11.3 Å². The van der Waals surface area contributed by atoms with Crippen molar-refractivity contribution in [3.8, 4) is 0 Å². The van der Waals surface area contributed by atoms with Crippen LogP contribution in [0.15, 0.2) is 39.6 Å². The summed E-state index contributed by atoms with van der Waals surface area (Å²) in [5.41, 5.74) is -0.461. The van der Waals surface area contributed by atoms with Gasteiger partial charge >= 0.3 is 0 Å². The molecule has 1 aliphatic rings. The fourth-order valence-electron chi connectivity index (χ4n) is 2.23. The van der Waals surface area contributed by atoms with Gasteiger partial charge in [-0.25, -0.2) is 0 Å². The number of carbonyl (C=O) groups excluding carboxylic acids is 1. The van der Waals surface area contributed by atoms with E-state index >= 15 is 0 Å². The normalized spacial score (nSPS) is 17.9. The quantitative estimate of drug-likeness (QED) is 0.882. The number of nitrogens with one attached hydrogen (secondary N) is 1. The Morgan fingerprint density at radius 2 is 2.37 bits per heavy atom. The fraction of sp³-hybridized carbons (Fsp3) is 0.357. The second kappa shape index (κ2) is 4.83. The number of amides is 1. The number of hydrogen-bond acceptors (Lipinski definition) is 4. The second-order valence-electron chi connectivity index (χ2n) is 4.87. The molecule has 5 heteroatoms. The van der Waals surface area contributed by atoms with Crippen molar-refractivity contribution in [1.29, 1.82) is 0 Å². The monoisotopic (exact) mass is 277 g/mol. The van der Waals surface area contributed by atoms with Crippen LogP contribution >= 0.6 is 11.3 Å². The molecule has 1 fully saturated rings. The third kappa shape index (κ3) is 2.43. The predicted molar refractivity (Wildman–Crippen MR) is 72.0 cm³/mol. The number of rotatable bonds is 5. The number of carbonyl (C=O) groups is 1. The van der Waals surface area contributed by atoms with Gasteiger partial charge in [-0.05, 0) is 42.3 Å². The van der Waals surface area contributed by atoms with E-state index < -0.39 is 5.60 Å². The summed E-state index contributed by atoms with van der Waals surface area (Å²) in [5.74, 6) is 0.536. The van der Waals surface area contributed by atoms with Crippen molar-refractivity contribution in [2.75, 3.05) is 6.54 Å². The lowest BCUT2D eigenvalue weighted by atomic mass is 9.94. The zero-order valence-electron chi connectivity index (χ0n) is 10.3. The first-order valence-corrected chi connectivity index (χ1v) is 7.21. The minimum atomic E-state index is -1.09. The van der Waals surface area contributed by atoms with Crippen molar-refractivity contribution >= 4 is 17.2 Å². The minimum absolute atomic E-state index is 0.160. The average molecular weight is 277 g/mol. The SMILES string of the molecule is O=C(NC[C@](O)(c1ccco1)C1CC1)c1ccsc1. The molecule has 0 saturated heterocycles. The van der Waals surface area contributed by atoms with Crippen LogP contribution in [0.1, 0.15) is 29.0 Å². The van der Waals surface area contributed by atoms with Gasteiger partial charge in [-0.1, -0.05) is 0 Å². The van der Waals surface area contributed by atoms with Gasteiger partial charge in [0.05, 0.1) is 12.8 Å². The Morgan fingerprint density at radius 1 is 1.53 bits per heavy atom. The number of furan rings is 1. The van der Waals surface area contributed by atoms with Crippen LogP contribution in [0, 0.1) is 5.92 Å². The molecule has 1 atom stereocenters. The van der Waals surface area contributed by atoms with Gasteiger partial charge in [0.25, 0.3) is 5.91 Å². The lowest BCUT2D eigenvalue weighted by Crippen LogP contribution is -2.42. The molecule has 0 radical (unpaired) electrons. The molecule has 1 amide bonds. The van der Waals surface area contributed by atoms with Gasteiger partial charge < -0.3 is 14.8 Å². The standard InChI is InChI=1S/C14H15NO3S/c16-13(10-5-7-19-8-10)15-9-14(17,11-3-4-11)12-2-1-6-18-12/h1-2,5-8,11,17H,3-4,9H2,(H,15,16)/t14-/m1/s1. The van der Waals surface area contributed by atoms with Crippen molar-refractivity contribution in [3.63, 3.8) is 0 Å². The fourth-order valence-corrected chi connectivity index (χ4v) is 2.87. The lowest BCUT2D eigenvalue weighted by Gasteiger charge is -2.26. The van der Waals surface area contributed by atoms with E-state index in [0.29, 0.717) is 11.3 Å². The highest BCUT2D eigenvalue weighted by atomic mass is 32.1. The van der Waals surface area contributed by atoms with Gasteiger partial charge in [-0.3, -0.25) is 4.79 Å². The Labute approximate surface area is 115 Å². The van der Waals surface area contributed by atoms with Crippen LogP contribution in [0.4, 0.5) is 0 Å². The molecule has 1 saturated carbocycles. The third-order valence-electron chi connectivity index (χ3n) is 3.50. The van der Waals surface area contributed by atoms with Crippen molar-refractivity contribution in [2.45, 2.75) is 18.4 Å². The van der Waals surface area contributed by atoms with Gasteiger partial charge in [0.1, 0.15) is 11.4 Å². The first kappa shape index (κ1) is 12.4. The molecule has 1 aliphatic carbocycles. The Bertz CT molecular complexity index is 545. The van der Waals surface area contributed by atoms with E-state index in [2.05, 4.69) is 5.32 Å². The van der Waals surface area contributed by atoms with E-state index in [1.807, 2.05) is 5.38 Å². The molecule has 3 rings (SSSR count). The first-order valence-electron chi connectivity index (χ1n) is 6.27. The van der Waals surface area contributed by atoms with Crippen molar-refractivity contribution < 1.29 is 14.3 Å². The molecule has 2 N–H and O–H groups in total. The maximum atomic E-state index is 11.9. The molecule has 100 valence electrons. The molecule has 0 unspecified atom stereocenters. The molecule has 0 bridgehead atoms. The van der Waals surface area contributed by atoms with Crippen molar-refractivity contribution in [2.24, 2.45) is 5.92 Å². The van der Waals surface area contributed by atoms with Gasteiger partial charge in [0, 0.05) is 10.9 Å². The molecule has 0 aliphatic heterocycles. The molecule has 2 aromatic heterocycles. The van der Waals surface area contributed by atoms with Crippen LogP contribution in [0.5, 0.6) is 0 Å². The van der Waals surface area contributed by atoms with E-state index in [1.54, 1.807) is 29.8 Å². The Hall–Kier alpha value is -1.59. The Morgan fingerprint density at radius 3 is 2.95 bits per heavy atom. The van der Waals surface area contributed by atoms with E-state index in [9.17, 15) is 9.90 Å². The zero-order valence-corrected chi connectivity index (χ0v) is 11.2. The summed E-state index contributed by atoms with van der Waals surface area (Å²) in [6.07, 6.45) is 3.47. The van der Waals surface area contributed by atoms with E-state index in [4.69, 9.17) is 4.42 Å². The van der Waals surface area contributed by atoms with Gasteiger partial charge in [0.15, 0.2) is 0 Å². The van der Waals surface area contributed by atoms with Gasteiger partial charge in [-0.2, -0.15) is 11.3 Å². The topological polar surface area (TPSA) is 62.5 Å². The lowest BCUT2D eigenvalue weighted by molar-refractivity contribution is -0.00610. The molecule has 19 heavy (non-hydrogen) atoms.